The lowest BCUT2D eigenvalue weighted by Crippen LogP contribution is -2.02. The lowest BCUT2D eigenvalue weighted by atomic mass is 10.1. The first-order valence-electron chi connectivity index (χ1n) is 6.23. The van der Waals surface area contributed by atoms with Gasteiger partial charge in [0.25, 0.3) is 0 Å². The molecule has 0 amide bonds. The first kappa shape index (κ1) is 12.3. The van der Waals surface area contributed by atoms with Crippen LogP contribution in [0.1, 0.15) is 11.1 Å². The number of halogens is 1. The van der Waals surface area contributed by atoms with Gasteiger partial charge in [0.15, 0.2) is 0 Å². The van der Waals surface area contributed by atoms with E-state index in [9.17, 15) is 0 Å². The minimum atomic E-state index is 0.778. The van der Waals surface area contributed by atoms with Crippen molar-refractivity contribution < 1.29 is 0 Å². The molecule has 2 nitrogen and oxygen atoms in total. The van der Waals surface area contributed by atoms with Crippen LogP contribution in [0.4, 0.5) is 5.69 Å². The van der Waals surface area contributed by atoms with Crippen molar-refractivity contribution in [1.82, 2.24) is 4.57 Å². The van der Waals surface area contributed by atoms with Crippen LogP contribution in [0.25, 0.3) is 10.9 Å². The van der Waals surface area contributed by atoms with Gasteiger partial charge < -0.3 is 10.3 Å². The Labute approximate surface area is 121 Å². The van der Waals surface area contributed by atoms with Crippen molar-refractivity contribution >= 4 is 32.5 Å². The minimum absolute atomic E-state index is 0.778. The quantitative estimate of drug-likeness (QED) is 0.701. The Hall–Kier alpha value is -1.74. The van der Waals surface area contributed by atoms with Crippen LogP contribution in [-0.2, 0) is 6.54 Å². The third-order valence-electron chi connectivity index (χ3n) is 3.41. The van der Waals surface area contributed by atoms with Crippen LogP contribution < -0.4 is 5.73 Å². The lowest BCUT2D eigenvalue weighted by Gasteiger charge is -2.10. The van der Waals surface area contributed by atoms with Crippen molar-refractivity contribution in [2.24, 2.45) is 0 Å². The summed E-state index contributed by atoms with van der Waals surface area (Å²) in [5.74, 6) is 0. The van der Waals surface area contributed by atoms with E-state index in [1.807, 2.05) is 18.2 Å². The summed E-state index contributed by atoms with van der Waals surface area (Å²) in [6.07, 6.45) is 2.11. The third-order valence-corrected chi connectivity index (χ3v) is 4.15. The number of rotatable bonds is 2. The second-order valence-corrected chi connectivity index (χ2v) is 5.67. The van der Waals surface area contributed by atoms with Crippen molar-refractivity contribution in [2.45, 2.75) is 13.5 Å². The number of anilines is 1. The van der Waals surface area contributed by atoms with Crippen LogP contribution in [0.3, 0.4) is 0 Å². The maximum Gasteiger partial charge on any atom is 0.0507 e. The Kier molecular flexibility index (Phi) is 3.07. The molecule has 0 aliphatic heterocycles. The van der Waals surface area contributed by atoms with Crippen molar-refractivity contribution in [3.8, 4) is 0 Å². The molecule has 2 N–H and O–H groups in total. The van der Waals surface area contributed by atoms with Gasteiger partial charge in [-0.3, -0.25) is 0 Å². The molecule has 3 rings (SSSR count). The van der Waals surface area contributed by atoms with Crippen LogP contribution in [0.2, 0.25) is 0 Å². The summed E-state index contributed by atoms with van der Waals surface area (Å²) in [6, 6.07) is 14.6. The number of hydrogen-bond donors (Lipinski definition) is 1. The highest BCUT2D eigenvalue weighted by Crippen LogP contribution is 2.26. The summed E-state index contributed by atoms with van der Waals surface area (Å²) in [5.41, 5.74) is 10.5. The predicted octanol–water partition coefficient (Wildman–Crippen LogP) is 4.34. The first-order chi connectivity index (χ1) is 9.15. The van der Waals surface area contributed by atoms with Gasteiger partial charge in [0, 0.05) is 27.4 Å². The van der Waals surface area contributed by atoms with Crippen LogP contribution in [-0.4, -0.2) is 4.57 Å². The summed E-state index contributed by atoms with van der Waals surface area (Å²) in [4.78, 5) is 0. The van der Waals surface area contributed by atoms with Gasteiger partial charge in [0.1, 0.15) is 0 Å². The smallest absolute Gasteiger partial charge is 0.0507 e. The van der Waals surface area contributed by atoms with E-state index in [1.165, 1.54) is 16.5 Å². The van der Waals surface area contributed by atoms with Gasteiger partial charge in [-0.1, -0.05) is 33.6 Å². The fraction of sp³-hybridized carbons (Fsp3) is 0.125. The van der Waals surface area contributed by atoms with E-state index in [1.54, 1.807) is 0 Å². The highest BCUT2D eigenvalue weighted by molar-refractivity contribution is 9.10. The maximum absolute atomic E-state index is 6.06. The maximum atomic E-state index is 6.06. The van der Waals surface area contributed by atoms with Gasteiger partial charge in [0.05, 0.1) is 6.54 Å². The highest BCUT2D eigenvalue weighted by Gasteiger charge is 2.07. The average molecular weight is 315 g/mol. The summed E-state index contributed by atoms with van der Waals surface area (Å²) >= 11 is 3.58. The second kappa shape index (κ2) is 4.74. The zero-order valence-corrected chi connectivity index (χ0v) is 12.3. The zero-order valence-electron chi connectivity index (χ0n) is 10.7. The molecule has 1 heterocycles. The summed E-state index contributed by atoms with van der Waals surface area (Å²) in [7, 11) is 0. The average Bonchev–Trinajstić information content (AvgIpc) is 2.76. The molecule has 96 valence electrons. The number of nitrogens with zero attached hydrogens (tertiary/aromatic N) is 1. The SMILES string of the molecule is Cc1ccc2c(ccn2Cc2c(N)cccc2Br)c1. The number of benzene rings is 2. The lowest BCUT2D eigenvalue weighted by molar-refractivity contribution is 0.835. The summed E-state index contributed by atoms with van der Waals surface area (Å²) in [5, 5.41) is 1.27. The molecule has 0 bridgehead atoms. The largest absolute Gasteiger partial charge is 0.398 e. The van der Waals surface area contributed by atoms with Crippen molar-refractivity contribution in [2.75, 3.05) is 5.73 Å². The molecule has 0 unspecified atom stereocenters. The number of nitrogens with two attached hydrogens (primary N) is 1. The van der Waals surface area contributed by atoms with Gasteiger partial charge >= 0.3 is 0 Å². The number of nitrogen functional groups attached to an aromatic ring is 1. The van der Waals surface area contributed by atoms with E-state index in [-0.39, 0.29) is 0 Å². The molecule has 1 aromatic heterocycles. The Morgan fingerprint density at radius 3 is 2.79 bits per heavy atom. The summed E-state index contributed by atoms with van der Waals surface area (Å²) in [6.45, 7) is 2.89. The van der Waals surface area contributed by atoms with Gasteiger partial charge in [-0.15, -0.1) is 0 Å². The van der Waals surface area contributed by atoms with E-state index in [0.29, 0.717) is 0 Å². The Bertz CT molecular complexity index is 723. The molecule has 0 fully saturated rings. The van der Waals surface area contributed by atoms with Crippen molar-refractivity contribution in [3.05, 3.63) is 64.3 Å². The van der Waals surface area contributed by atoms with Crippen LogP contribution >= 0.6 is 15.9 Å². The van der Waals surface area contributed by atoms with Gasteiger partial charge in [-0.25, -0.2) is 0 Å². The van der Waals surface area contributed by atoms with Crippen LogP contribution in [0, 0.1) is 6.92 Å². The molecule has 0 spiro atoms. The fourth-order valence-electron chi connectivity index (χ4n) is 2.37. The molecule has 0 aliphatic carbocycles. The Morgan fingerprint density at radius 1 is 1.16 bits per heavy atom. The number of aromatic nitrogens is 1. The van der Waals surface area contributed by atoms with Crippen molar-refractivity contribution in [1.29, 1.82) is 0 Å². The normalized spacial score (nSPS) is 11.1. The second-order valence-electron chi connectivity index (χ2n) is 4.81. The number of aryl methyl sites for hydroxylation is 1. The monoisotopic (exact) mass is 314 g/mol. The Balaban J connectivity index is 2.06. The number of hydrogen-bond acceptors (Lipinski definition) is 1. The van der Waals surface area contributed by atoms with Gasteiger partial charge in [0.2, 0.25) is 0 Å². The fourth-order valence-corrected chi connectivity index (χ4v) is 2.88. The molecule has 0 radical (unpaired) electrons. The van der Waals surface area contributed by atoms with E-state index in [4.69, 9.17) is 5.73 Å². The van der Waals surface area contributed by atoms with Crippen LogP contribution in [0.15, 0.2) is 53.1 Å². The zero-order chi connectivity index (χ0) is 13.4. The molecule has 0 aliphatic rings. The Morgan fingerprint density at radius 2 is 2.00 bits per heavy atom. The molecular weight excluding hydrogens is 300 g/mol. The predicted molar refractivity (Wildman–Crippen MR) is 84.3 cm³/mol. The molecule has 19 heavy (non-hydrogen) atoms. The van der Waals surface area contributed by atoms with Gasteiger partial charge in [-0.05, 0) is 42.6 Å². The van der Waals surface area contributed by atoms with Gasteiger partial charge in [-0.2, -0.15) is 0 Å². The standard InChI is InChI=1S/C16H15BrN2/c1-11-5-6-16-12(9-11)7-8-19(16)10-13-14(17)3-2-4-15(13)18/h2-9H,10,18H2,1H3. The molecular formula is C16H15BrN2. The highest BCUT2D eigenvalue weighted by atomic mass is 79.9. The van der Waals surface area contributed by atoms with Crippen molar-refractivity contribution in [3.63, 3.8) is 0 Å². The molecule has 3 heteroatoms. The first-order valence-corrected chi connectivity index (χ1v) is 7.03. The van der Waals surface area contributed by atoms with E-state index in [0.717, 1.165) is 22.3 Å². The van der Waals surface area contributed by atoms with Crippen LogP contribution in [0.5, 0.6) is 0 Å². The molecule has 2 aromatic carbocycles. The van der Waals surface area contributed by atoms with E-state index >= 15 is 0 Å². The molecule has 3 aromatic rings. The molecule has 0 saturated carbocycles. The van der Waals surface area contributed by atoms with E-state index < -0.39 is 0 Å². The topological polar surface area (TPSA) is 30.9 Å². The van der Waals surface area contributed by atoms with E-state index in [2.05, 4.69) is 57.9 Å². The molecule has 0 saturated heterocycles. The summed E-state index contributed by atoms with van der Waals surface area (Å²) < 4.78 is 3.28. The molecule has 0 atom stereocenters. The third kappa shape index (κ3) is 2.26. The minimum Gasteiger partial charge on any atom is -0.398 e. The number of fused-ring (bicyclic) bond motifs is 1.